The highest BCUT2D eigenvalue weighted by molar-refractivity contribution is 7.51. The zero-order chi connectivity index (χ0) is 11.2. The van der Waals surface area contributed by atoms with Crippen LogP contribution < -0.4 is 5.19 Å². The van der Waals surface area contributed by atoms with Gasteiger partial charge in [0.25, 0.3) is 6.69 Å². The molecule has 1 aromatic carbocycles. The van der Waals surface area contributed by atoms with Crippen molar-refractivity contribution in [3.05, 3.63) is 42.5 Å². The van der Waals surface area contributed by atoms with Crippen molar-refractivity contribution >= 4 is 34.0 Å². The molecule has 0 N–H and O–H groups in total. The van der Waals surface area contributed by atoms with E-state index in [0.29, 0.717) is 11.5 Å². The van der Waals surface area contributed by atoms with Crippen LogP contribution in [0.4, 0.5) is 0 Å². The summed E-state index contributed by atoms with van der Waals surface area (Å²) < 4.78 is 0. The predicted molar refractivity (Wildman–Crippen MR) is 72.6 cm³/mol. The zero-order valence-electron chi connectivity index (χ0n) is 8.94. The molecule has 0 radical (unpaired) electrons. The van der Waals surface area contributed by atoms with Crippen LogP contribution >= 0.6 is 22.2 Å². The van der Waals surface area contributed by atoms with Gasteiger partial charge in [-0.3, -0.25) is 0 Å². The van der Waals surface area contributed by atoms with E-state index in [4.69, 9.17) is 22.2 Å². The lowest BCUT2D eigenvalue weighted by molar-refractivity contribution is 0.687. The van der Waals surface area contributed by atoms with E-state index in [9.17, 15) is 0 Å². The van der Waals surface area contributed by atoms with Gasteiger partial charge in [-0.05, 0) is 35.4 Å². The lowest BCUT2D eigenvalue weighted by Crippen LogP contribution is -2.42. The maximum Gasteiger partial charge on any atom is 0.284 e. The van der Waals surface area contributed by atoms with Crippen molar-refractivity contribution in [3.8, 4) is 0 Å². The topological polar surface area (TPSA) is 0 Å². The van der Waals surface area contributed by atoms with Crippen molar-refractivity contribution in [2.45, 2.75) is 18.4 Å². The van der Waals surface area contributed by atoms with Gasteiger partial charge in [0.1, 0.15) is 0 Å². The molecule has 0 amide bonds. The van der Waals surface area contributed by atoms with Gasteiger partial charge in [0.15, 0.2) is 0 Å². The first-order valence-electron chi connectivity index (χ1n) is 5.79. The average Bonchev–Trinajstić information content (AvgIpc) is 2.92. The van der Waals surface area contributed by atoms with Gasteiger partial charge >= 0.3 is 0 Å². The number of rotatable bonds is 2. The van der Waals surface area contributed by atoms with Gasteiger partial charge in [0.2, 0.25) is 0 Å². The Labute approximate surface area is 107 Å². The summed E-state index contributed by atoms with van der Waals surface area (Å²) in [4.78, 5) is 0. The number of benzene rings is 1. The molecule has 2 aliphatic carbocycles. The van der Waals surface area contributed by atoms with Crippen LogP contribution in [-0.2, 0) is 0 Å². The Morgan fingerprint density at radius 1 is 1.00 bits per heavy atom. The second kappa shape index (κ2) is 3.90. The predicted octanol–water partition coefficient (Wildman–Crippen LogP) is 3.78. The summed E-state index contributed by atoms with van der Waals surface area (Å²) in [5.41, 5.74) is 0.508. The van der Waals surface area contributed by atoms with Gasteiger partial charge in [-0.25, -0.2) is 0 Å². The van der Waals surface area contributed by atoms with E-state index in [1.807, 2.05) is 18.2 Å². The van der Waals surface area contributed by atoms with E-state index in [-0.39, 0.29) is 0 Å². The lowest BCUT2D eigenvalue weighted by atomic mass is 10.1. The van der Waals surface area contributed by atoms with Crippen LogP contribution in [0.3, 0.4) is 0 Å². The summed E-state index contributed by atoms with van der Waals surface area (Å²) in [5, 5.41) is 1.17. The number of halogens is 2. The Morgan fingerprint density at radius 2 is 1.75 bits per heavy atom. The average molecular weight is 269 g/mol. The summed E-state index contributed by atoms with van der Waals surface area (Å²) in [5.74, 6) is 1.37. The highest BCUT2D eigenvalue weighted by Crippen LogP contribution is 2.53. The molecule has 2 bridgehead atoms. The molecule has 0 spiro atoms. The van der Waals surface area contributed by atoms with Crippen LogP contribution in [0.1, 0.15) is 12.8 Å². The standard InChI is InChI=1S/C13H14Cl2Si/c14-16(15,12-4-2-1-3-5-12)13-9-10-6-7-11(13)8-10/h1-7,10-11,13H,8-9H2. The molecule has 3 rings (SSSR count). The minimum Gasteiger partial charge on any atom is -0.139 e. The van der Waals surface area contributed by atoms with Crippen molar-refractivity contribution in [1.29, 1.82) is 0 Å². The fraction of sp³-hybridized carbons (Fsp3) is 0.385. The van der Waals surface area contributed by atoms with E-state index in [2.05, 4.69) is 24.3 Å². The van der Waals surface area contributed by atoms with E-state index in [0.717, 1.165) is 5.92 Å². The van der Waals surface area contributed by atoms with Gasteiger partial charge in [-0.2, -0.15) is 0 Å². The van der Waals surface area contributed by atoms with Gasteiger partial charge in [0, 0.05) is 0 Å². The largest absolute Gasteiger partial charge is 0.284 e. The fourth-order valence-corrected chi connectivity index (χ4v) is 7.78. The molecule has 1 saturated carbocycles. The second-order valence-corrected chi connectivity index (χ2v) is 11.6. The minimum atomic E-state index is -2.31. The first-order valence-corrected chi connectivity index (χ1v) is 9.89. The summed E-state index contributed by atoms with van der Waals surface area (Å²) in [6, 6.07) is 10.3. The van der Waals surface area contributed by atoms with Crippen molar-refractivity contribution in [1.82, 2.24) is 0 Å². The van der Waals surface area contributed by atoms with Crippen molar-refractivity contribution in [3.63, 3.8) is 0 Å². The zero-order valence-corrected chi connectivity index (χ0v) is 11.5. The molecule has 1 fully saturated rings. The Kier molecular flexibility index (Phi) is 2.65. The molecule has 0 heterocycles. The molecule has 1 aromatic rings. The Hall–Kier alpha value is -0.243. The number of hydrogen-bond donors (Lipinski definition) is 0. The molecule has 0 aliphatic heterocycles. The quantitative estimate of drug-likeness (QED) is 0.435. The normalized spacial score (nSPS) is 32.2. The van der Waals surface area contributed by atoms with Crippen LogP contribution in [0.5, 0.6) is 0 Å². The van der Waals surface area contributed by atoms with Crippen molar-refractivity contribution in [2.24, 2.45) is 11.8 Å². The van der Waals surface area contributed by atoms with Crippen LogP contribution in [0, 0.1) is 11.8 Å². The van der Waals surface area contributed by atoms with Gasteiger partial charge in [-0.1, -0.05) is 42.5 Å². The molecule has 16 heavy (non-hydrogen) atoms. The van der Waals surface area contributed by atoms with E-state index in [1.165, 1.54) is 18.0 Å². The van der Waals surface area contributed by atoms with Crippen molar-refractivity contribution < 1.29 is 0 Å². The molecular formula is C13H14Cl2Si. The van der Waals surface area contributed by atoms with Gasteiger partial charge in [-0.15, -0.1) is 22.2 Å². The Bertz CT molecular complexity index is 413. The first kappa shape index (κ1) is 10.9. The molecule has 2 aliphatic rings. The van der Waals surface area contributed by atoms with Gasteiger partial charge in [0.05, 0.1) is 0 Å². The number of allylic oxidation sites excluding steroid dienone is 2. The molecule has 84 valence electrons. The summed E-state index contributed by atoms with van der Waals surface area (Å²) >= 11 is 13.5. The molecule has 3 atom stereocenters. The van der Waals surface area contributed by atoms with Gasteiger partial charge < -0.3 is 0 Å². The van der Waals surface area contributed by atoms with E-state index < -0.39 is 6.69 Å². The minimum absolute atomic E-state index is 0.508. The molecule has 3 heteroatoms. The SMILES string of the molecule is Cl[Si](Cl)(c1ccccc1)C1CC2C=CC1C2. The van der Waals surface area contributed by atoms with Crippen LogP contribution in [0.15, 0.2) is 42.5 Å². The molecular weight excluding hydrogens is 255 g/mol. The van der Waals surface area contributed by atoms with Crippen molar-refractivity contribution in [2.75, 3.05) is 0 Å². The smallest absolute Gasteiger partial charge is 0.139 e. The third-order valence-corrected chi connectivity index (χ3v) is 9.59. The first-order chi connectivity index (χ1) is 7.68. The van der Waals surface area contributed by atoms with Crippen LogP contribution in [0.25, 0.3) is 0 Å². The maximum atomic E-state index is 6.73. The fourth-order valence-electron chi connectivity index (χ4n) is 3.07. The molecule has 3 unspecified atom stereocenters. The van der Waals surface area contributed by atoms with E-state index in [1.54, 1.807) is 0 Å². The van der Waals surface area contributed by atoms with Crippen LogP contribution in [-0.4, -0.2) is 6.69 Å². The summed E-state index contributed by atoms with van der Waals surface area (Å²) in [7, 11) is 0. The molecule has 0 saturated heterocycles. The second-order valence-electron chi connectivity index (χ2n) is 4.88. The monoisotopic (exact) mass is 268 g/mol. The highest BCUT2D eigenvalue weighted by Gasteiger charge is 2.50. The number of fused-ring (bicyclic) bond motifs is 2. The molecule has 0 nitrogen and oxygen atoms in total. The third kappa shape index (κ3) is 1.66. The summed E-state index contributed by atoms with van der Waals surface area (Å²) in [6.45, 7) is -2.31. The van der Waals surface area contributed by atoms with Crippen LogP contribution in [0.2, 0.25) is 5.54 Å². The Balaban J connectivity index is 1.91. The highest BCUT2D eigenvalue weighted by atomic mass is 35.7. The maximum absolute atomic E-state index is 6.73. The lowest BCUT2D eigenvalue weighted by Gasteiger charge is -2.29. The molecule has 0 aromatic heterocycles. The third-order valence-electron chi connectivity index (χ3n) is 3.90. The summed E-state index contributed by atoms with van der Waals surface area (Å²) in [6.07, 6.45) is 7.12. The van der Waals surface area contributed by atoms with E-state index >= 15 is 0 Å². The Morgan fingerprint density at radius 3 is 2.31 bits per heavy atom. The number of hydrogen-bond acceptors (Lipinski definition) is 0.